The number of fused-ring (bicyclic) bond motifs is 6. The van der Waals surface area contributed by atoms with Crippen molar-refractivity contribution in [3.05, 3.63) is 330 Å². The minimum absolute atomic E-state index is 0. The maximum atomic E-state index is 12.9. The van der Waals surface area contributed by atoms with Gasteiger partial charge in [-0.05, 0) is 123 Å². The number of aromatic nitrogens is 4. The Morgan fingerprint density at radius 2 is 0.883 bits per heavy atom. The van der Waals surface area contributed by atoms with Crippen molar-refractivity contribution in [2.45, 2.75) is 56.5 Å². The van der Waals surface area contributed by atoms with Crippen molar-refractivity contribution in [3.63, 3.8) is 0 Å². The summed E-state index contributed by atoms with van der Waals surface area (Å²) in [6.07, 6.45) is 7.83. The summed E-state index contributed by atoms with van der Waals surface area (Å²) in [6, 6.07) is 61.5. The van der Waals surface area contributed by atoms with Gasteiger partial charge in [0, 0.05) is 53.9 Å². The molecule has 8 aliphatic rings. The van der Waals surface area contributed by atoms with Gasteiger partial charge in [-0.2, -0.15) is 9.97 Å². The summed E-state index contributed by atoms with van der Waals surface area (Å²) in [5.41, 5.74) is 6.07. The number of nitrogens with zero attached hydrogens (tertiary/aromatic N) is 8. The number of pyridine rings is 4. The molecule has 1 aliphatic carbocycles. The zero-order chi connectivity index (χ0) is 89.3. The van der Waals surface area contributed by atoms with Crippen LogP contribution in [0, 0.1) is 0 Å². The number of hydrogen-bond acceptors (Lipinski definition) is 25. The topological polar surface area (TPSA) is 391 Å². The molecule has 0 radical (unpaired) electrons. The molecule has 10 amide bonds. The fourth-order valence-corrected chi connectivity index (χ4v) is 15.8. The van der Waals surface area contributed by atoms with Gasteiger partial charge in [0.05, 0.1) is 91.7 Å². The van der Waals surface area contributed by atoms with E-state index >= 15 is 0 Å². The van der Waals surface area contributed by atoms with Gasteiger partial charge in [0.1, 0.15) is 38.8 Å². The molecule has 128 heavy (non-hydrogen) atoms. The lowest BCUT2D eigenvalue weighted by Crippen LogP contribution is -2.56. The standard InChI is InChI=1S/C21H18N2O4.C16H13NO5.C15H12N2O2S2.C14H10N2O4.C14H13NO2.C13H8N2O4.2BrH/c24-18-11-10-17(21(27)22(18)13-12-14-6-2-1-3-7-14)23-19(25)15-8-4-5-9-16(15)20(23)26;1-20-12-8-7-10(15(17-12)21-2)13-14(18)9-5-3-4-6-11(9)22-16(13)19;1-18-12-8-7-11(13(16-12)19-2)17-14(20)9-5-3-4-6-10(9)15(17)21;1-20-11-7-6-10(12(17)15-11)16-13(18)8-4-2-3-5-9(8)14(16)19;16-13-11-8-4-5-9-12(11)14(17)15(13)10-6-2-1-3-7-10;16-10-6-5-9(11(17)14-10)15-12(18)7-3-1-2-4-8(7)13(15)19;;/h1-9,17H,10-13H2;3-8,13H,1-2H3;3-8H,1-2H3;2-7H,1H3,(H,15,17);2,4-6,8-10H,1,3,7H2;1-6H,(H2,14,16,17);2*1H. The van der Waals surface area contributed by atoms with Gasteiger partial charge in [-0.3, -0.25) is 96.7 Å². The van der Waals surface area contributed by atoms with Gasteiger partial charge < -0.3 is 33.5 Å². The summed E-state index contributed by atoms with van der Waals surface area (Å²) in [5, 5.41) is 9.66. The molecule has 650 valence electrons. The van der Waals surface area contributed by atoms with Gasteiger partial charge in [-0.15, -0.1) is 34.0 Å². The van der Waals surface area contributed by atoms with Crippen LogP contribution in [-0.4, -0.2) is 175 Å². The number of rotatable bonds is 14. The lowest BCUT2D eigenvalue weighted by molar-refractivity contribution is -0.151. The normalized spacial score (nSPS) is 16.4. The number of carbonyl (C=O) groups is 12. The number of carbonyl (C=O) groups excluding carboxylic acids is 12. The van der Waals surface area contributed by atoms with Crippen LogP contribution in [0.3, 0.4) is 0 Å². The van der Waals surface area contributed by atoms with Crippen LogP contribution in [-0.2, 0) is 20.8 Å². The monoisotopic (exact) mass is 1890 g/mol. The molecular formula is C93H76Br2N10O21S2. The number of likely N-dealkylation sites (tertiary alicyclic amines) is 1. The number of thiocarbonyl (C=S) groups is 2. The predicted molar refractivity (Wildman–Crippen MR) is 485 cm³/mol. The summed E-state index contributed by atoms with van der Waals surface area (Å²) < 4.78 is 30.8. The van der Waals surface area contributed by atoms with Gasteiger partial charge in [-0.1, -0.05) is 152 Å². The van der Waals surface area contributed by atoms with E-state index in [1.54, 1.807) is 147 Å². The van der Waals surface area contributed by atoms with E-state index in [1.165, 1.54) is 61.5 Å². The van der Waals surface area contributed by atoms with Crippen molar-refractivity contribution in [3.8, 4) is 41.0 Å². The third-order valence-electron chi connectivity index (χ3n) is 21.2. The number of allylic oxidation sites excluding steroid dienone is 1. The van der Waals surface area contributed by atoms with Crippen LogP contribution in [0.5, 0.6) is 41.0 Å². The number of methoxy groups -OCH3 is 5. The Morgan fingerprint density at radius 1 is 0.438 bits per heavy atom. The quantitative estimate of drug-likeness (QED) is 0.0227. The van der Waals surface area contributed by atoms with Crippen molar-refractivity contribution in [2.75, 3.05) is 56.8 Å². The van der Waals surface area contributed by atoms with Crippen molar-refractivity contribution in [1.29, 1.82) is 0 Å². The number of H-pyrrole nitrogens is 2. The van der Waals surface area contributed by atoms with Gasteiger partial charge >= 0.3 is 5.97 Å². The maximum Gasteiger partial charge on any atom is 0.327 e. The van der Waals surface area contributed by atoms with Crippen molar-refractivity contribution in [2.24, 2.45) is 0 Å². The van der Waals surface area contributed by atoms with E-state index in [-0.39, 0.29) is 123 Å². The van der Waals surface area contributed by atoms with Crippen LogP contribution in [0.25, 0.3) is 0 Å². The number of aromatic hydroxyl groups is 1. The highest BCUT2D eigenvalue weighted by molar-refractivity contribution is 8.93. The molecule has 1 fully saturated rings. The molecule has 7 aromatic carbocycles. The van der Waals surface area contributed by atoms with E-state index in [9.17, 15) is 72.2 Å². The Labute approximate surface area is 761 Å². The van der Waals surface area contributed by atoms with Crippen LogP contribution in [0.2, 0.25) is 0 Å². The van der Waals surface area contributed by atoms with E-state index in [0.717, 1.165) is 56.7 Å². The SMILES string of the molecule is Br.Br.COc1ccc(C2C(=O)Oc3ccccc3C2=O)c(OC)n1.COc1ccc(N2C(=O)c3ccccc3C2=O)c(=O)[nH]1.COc1ccc(N2C(=S)c3ccccc3C2=S)c(OC)n1.O=C1CCC(N2C(=O)c3ccccc3C2=O)C(=O)N1CCc1ccccc1.O=C1c2ccccc2C(=O)N1C1C=CCCC1.O=C1c2ccccc2C(=O)N1c1ccc(=O)[nH]c1O. The Hall–Kier alpha value is -14.9. The molecule has 3 atom stereocenters. The highest BCUT2D eigenvalue weighted by atomic mass is 79.9. The number of benzene rings is 7. The largest absolute Gasteiger partial charge is 0.493 e. The summed E-state index contributed by atoms with van der Waals surface area (Å²) in [4.78, 5) is 193. The molecule has 0 saturated carbocycles. The maximum absolute atomic E-state index is 12.9. The van der Waals surface area contributed by atoms with Gasteiger partial charge in [0.25, 0.3) is 64.3 Å². The average Bonchev–Trinajstić information content (AvgIpc) is 1.43. The molecule has 11 aromatic rings. The van der Waals surface area contributed by atoms with Gasteiger partial charge in [0.15, 0.2) is 17.6 Å². The van der Waals surface area contributed by atoms with Crippen LogP contribution in [0.4, 0.5) is 17.1 Å². The molecule has 7 aliphatic heterocycles. The number of amides is 10. The Balaban J connectivity index is 0.000000140. The molecule has 0 spiro atoms. The molecule has 31 nitrogen and oxygen atoms in total. The summed E-state index contributed by atoms with van der Waals surface area (Å²) in [6.45, 7) is 0.237. The average molecular weight is 1890 g/mol. The second-order valence-corrected chi connectivity index (χ2v) is 29.2. The van der Waals surface area contributed by atoms with Gasteiger partial charge in [-0.25, -0.2) is 9.80 Å². The molecule has 0 bridgehead atoms. The number of halogens is 2. The molecule has 3 N–H and O–H groups in total. The molecule has 1 saturated heterocycles. The first-order valence-corrected chi connectivity index (χ1v) is 39.9. The molecule has 19 rings (SSSR count). The summed E-state index contributed by atoms with van der Waals surface area (Å²) in [5.74, 6) is -4.68. The number of aromatic amines is 2. The van der Waals surface area contributed by atoms with Crippen LogP contribution < -0.4 is 54.2 Å². The van der Waals surface area contributed by atoms with E-state index in [4.69, 9.17) is 52.9 Å². The van der Waals surface area contributed by atoms with Crippen LogP contribution in [0.15, 0.2) is 246 Å². The minimum atomic E-state index is -1.09. The number of imide groups is 5. The zero-order valence-electron chi connectivity index (χ0n) is 68.5. The highest BCUT2D eigenvalue weighted by Crippen LogP contribution is 2.40. The minimum Gasteiger partial charge on any atom is -0.493 e. The van der Waals surface area contributed by atoms with Crippen molar-refractivity contribution < 1.29 is 91.1 Å². The molecule has 4 aromatic heterocycles. The zero-order valence-corrected chi connectivity index (χ0v) is 73.6. The molecule has 3 unspecified atom stereocenters. The number of hydrogen-bond donors (Lipinski definition) is 3. The second-order valence-electron chi connectivity index (χ2n) is 28.5. The number of esters is 1. The fourth-order valence-electron chi connectivity index (χ4n) is 15.0. The van der Waals surface area contributed by atoms with E-state index < -0.39 is 76.3 Å². The van der Waals surface area contributed by atoms with Crippen LogP contribution >= 0.6 is 58.4 Å². The van der Waals surface area contributed by atoms with Crippen LogP contribution in [0.1, 0.15) is 153 Å². The fraction of sp³-hybridized carbons (Fsp3) is 0.161. The third kappa shape index (κ3) is 18.3. The number of anilines is 3. The predicted octanol–water partition coefficient (Wildman–Crippen LogP) is 12.6. The molecule has 35 heteroatoms. The van der Waals surface area contributed by atoms with Crippen molar-refractivity contribution >= 4 is 156 Å². The van der Waals surface area contributed by atoms with E-state index in [2.05, 4.69) is 26.0 Å². The lowest BCUT2D eigenvalue weighted by Gasteiger charge is -2.34. The van der Waals surface area contributed by atoms with E-state index in [0.29, 0.717) is 84.2 Å². The molecular weight excluding hydrogens is 1820 g/mol. The van der Waals surface area contributed by atoms with E-state index in [1.807, 2.05) is 66.7 Å². The first kappa shape index (κ1) is 92.2. The lowest BCUT2D eigenvalue weighted by atomic mass is 9.89. The smallest absolute Gasteiger partial charge is 0.327 e. The summed E-state index contributed by atoms with van der Waals surface area (Å²) in [7, 11) is 7.41. The Morgan fingerprint density at radius 3 is 1.36 bits per heavy atom. The second kappa shape index (κ2) is 40.4. The van der Waals surface area contributed by atoms with Crippen molar-refractivity contribution in [1.82, 2.24) is 34.6 Å². The number of piperidine rings is 1. The number of Topliss-reactive ketones (excluding diaryl/α,β-unsaturated/α-hetero) is 1. The number of ether oxygens (including phenoxy) is 6. The first-order chi connectivity index (χ1) is 60.9. The number of ketones is 1. The highest BCUT2D eigenvalue weighted by Gasteiger charge is 2.48. The summed E-state index contributed by atoms with van der Waals surface area (Å²) >= 11 is 11.1. The third-order valence-corrected chi connectivity index (χ3v) is 22.0. The van der Waals surface area contributed by atoms with Gasteiger partial charge in [0.2, 0.25) is 35.3 Å². The first-order valence-electron chi connectivity index (χ1n) is 39.1. The number of para-hydroxylation sites is 1. The number of nitrogens with one attached hydrogen (secondary N) is 2. The molecule has 11 heterocycles. The Kier molecular flexibility index (Phi) is 29.1. The Bertz CT molecular complexity index is 6330.